The Morgan fingerprint density at radius 1 is 0.786 bits per heavy atom. The highest BCUT2D eigenvalue weighted by Crippen LogP contribution is 2.23. The summed E-state index contributed by atoms with van der Waals surface area (Å²) in [5.41, 5.74) is 17.8. The van der Waals surface area contributed by atoms with E-state index in [0.717, 1.165) is 33.5 Å². The van der Waals surface area contributed by atoms with Crippen LogP contribution in [0.4, 0.5) is 5.69 Å². The average Bonchev–Trinajstić information content (AvgIpc) is 2.74. The largest absolute Gasteiger partial charge is 0.399 e. The first-order valence-electron chi connectivity index (χ1n) is 9.01. The molecule has 0 saturated carbocycles. The summed E-state index contributed by atoms with van der Waals surface area (Å²) in [5.74, 6) is 0.465. The first-order chi connectivity index (χ1) is 13.7. The third-order valence-corrected chi connectivity index (χ3v) is 4.28. The van der Waals surface area contributed by atoms with Gasteiger partial charge in [0, 0.05) is 17.5 Å². The van der Waals surface area contributed by atoms with Crippen molar-refractivity contribution in [2.45, 2.75) is 0 Å². The van der Waals surface area contributed by atoms with Gasteiger partial charge >= 0.3 is 0 Å². The van der Waals surface area contributed by atoms with Gasteiger partial charge in [-0.2, -0.15) is 0 Å². The number of allylic oxidation sites excluding steroid dienone is 2. The monoisotopic (exact) mass is 365 g/mol. The molecule has 0 radical (unpaired) electrons. The topological polar surface area (TPSA) is 64.4 Å². The van der Waals surface area contributed by atoms with Crippen molar-refractivity contribution in [3.63, 3.8) is 0 Å². The van der Waals surface area contributed by atoms with Crippen LogP contribution in [-0.4, -0.2) is 5.84 Å². The van der Waals surface area contributed by atoms with E-state index < -0.39 is 0 Å². The predicted octanol–water partition coefficient (Wildman–Crippen LogP) is 5.26. The van der Waals surface area contributed by atoms with Gasteiger partial charge in [-0.25, -0.2) is 4.99 Å². The van der Waals surface area contributed by atoms with Crippen molar-refractivity contribution in [3.8, 4) is 0 Å². The van der Waals surface area contributed by atoms with Crippen LogP contribution in [0.1, 0.15) is 22.3 Å². The zero-order chi connectivity index (χ0) is 19.8. The Labute approximate surface area is 166 Å². The van der Waals surface area contributed by atoms with Crippen LogP contribution < -0.4 is 11.5 Å². The third kappa shape index (κ3) is 4.86. The smallest absolute Gasteiger partial charge is 0.130 e. The Bertz CT molecular complexity index is 1010. The number of nitrogens with zero attached hydrogens (tertiary/aromatic N) is 1. The molecule has 0 atom stereocenters. The molecule has 0 bridgehead atoms. The van der Waals surface area contributed by atoms with Crippen molar-refractivity contribution in [1.82, 2.24) is 0 Å². The molecule has 3 aromatic carbocycles. The van der Waals surface area contributed by atoms with Crippen molar-refractivity contribution >= 4 is 23.2 Å². The van der Waals surface area contributed by atoms with E-state index in [-0.39, 0.29) is 0 Å². The Kier molecular flexibility index (Phi) is 6.21. The lowest BCUT2D eigenvalue weighted by atomic mass is 9.96. The van der Waals surface area contributed by atoms with E-state index in [1.165, 1.54) is 0 Å². The van der Waals surface area contributed by atoms with E-state index in [2.05, 4.69) is 23.7 Å². The normalized spacial score (nSPS) is 12.3. The van der Waals surface area contributed by atoms with Crippen LogP contribution in [0.15, 0.2) is 109 Å². The summed E-state index contributed by atoms with van der Waals surface area (Å²) >= 11 is 0. The second-order valence-corrected chi connectivity index (χ2v) is 6.26. The molecule has 138 valence electrons. The molecule has 0 aliphatic heterocycles. The molecule has 0 aromatic heterocycles. The quantitative estimate of drug-likeness (QED) is 0.271. The average molecular weight is 365 g/mol. The maximum atomic E-state index is 6.13. The fourth-order valence-electron chi connectivity index (χ4n) is 2.80. The Morgan fingerprint density at radius 3 is 2.04 bits per heavy atom. The molecule has 0 aliphatic rings. The zero-order valence-corrected chi connectivity index (χ0v) is 15.6. The van der Waals surface area contributed by atoms with Gasteiger partial charge in [0.15, 0.2) is 0 Å². The van der Waals surface area contributed by atoms with E-state index in [0.29, 0.717) is 5.84 Å². The highest BCUT2D eigenvalue weighted by atomic mass is 14.8. The molecule has 3 nitrogen and oxygen atoms in total. The van der Waals surface area contributed by atoms with Crippen molar-refractivity contribution < 1.29 is 0 Å². The van der Waals surface area contributed by atoms with Gasteiger partial charge in [0.05, 0.1) is 0 Å². The molecule has 0 aliphatic carbocycles. The van der Waals surface area contributed by atoms with Gasteiger partial charge in [-0.15, -0.1) is 0 Å². The summed E-state index contributed by atoms with van der Waals surface area (Å²) < 4.78 is 0. The number of nitrogen functional groups attached to an aromatic ring is 1. The summed E-state index contributed by atoms with van der Waals surface area (Å²) in [4.78, 5) is 4.33. The van der Waals surface area contributed by atoms with Crippen LogP contribution >= 0.6 is 0 Å². The van der Waals surface area contributed by atoms with Gasteiger partial charge in [0.1, 0.15) is 5.84 Å². The summed E-state index contributed by atoms with van der Waals surface area (Å²) in [5, 5.41) is 0. The molecule has 0 amide bonds. The third-order valence-electron chi connectivity index (χ3n) is 4.28. The number of nitrogens with two attached hydrogens (primary N) is 2. The van der Waals surface area contributed by atoms with Gasteiger partial charge in [0.2, 0.25) is 0 Å². The number of rotatable bonds is 6. The van der Waals surface area contributed by atoms with Crippen LogP contribution in [0.2, 0.25) is 0 Å². The molecule has 3 rings (SSSR count). The molecule has 0 spiro atoms. The number of amidine groups is 1. The fourth-order valence-corrected chi connectivity index (χ4v) is 2.80. The first kappa shape index (κ1) is 18.9. The summed E-state index contributed by atoms with van der Waals surface area (Å²) in [6.07, 6.45) is 7.40. The number of hydrogen-bond donors (Lipinski definition) is 2. The predicted molar refractivity (Wildman–Crippen MR) is 121 cm³/mol. The second kappa shape index (κ2) is 9.19. The van der Waals surface area contributed by atoms with Crippen LogP contribution in [0.3, 0.4) is 0 Å². The lowest BCUT2D eigenvalue weighted by molar-refractivity contribution is 1.46. The first-order valence-corrected chi connectivity index (χ1v) is 9.01. The summed E-state index contributed by atoms with van der Waals surface area (Å²) in [6, 6.07) is 25.8. The van der Waals surface area contributed by atoms with Crippen molar-refractivity contribution in [1.29, 1.82) is 0 Å². The van der Waals surface area contributed by atoms with Crippen molar-refractivity contribution in [3.05, 3.63) is 126 Å². The molecule has 0 fully saturated rings. The van der Waals surface area contributed by atoms with E-state index in [1.54, 1.807) is 12.3 Å². The minimum absolute atomic E-state index is 0.465. The molecule has 0 unspecified atom stereocenters. The van der Waals surface area contributed by atoms with E-state index in [1.807, 2.05) is 78.9 Å². The number of hydrogen-bond acceptors (Lipinski definition) is 2. The molecule has 0 saturated heterocycles. The van der Waals surface area contributed by atoms with Crippen LogP contribution in [-0.2, 0) is 0 Å². The molecule has 0 heterocycles. The standard InChI is InChI=1S/C25H23N3/c1-2-6-24(20-7-4-3-5-8-20)21-11-13-22(14-12-21)25(27)28-18-17-19-9-15-23(26)16-10-19/h2-18H,1,26H2,(H2,27,28)/b18-17+,24-6+. The summed E-state index contributed by atoms with van der Waals surface area (Å²) in [7, 11) is 0. The number of benzene rings is 3. The van der Waals surface area contributed by atoms with E-state index in [9.17, 15) is 0 Å². The Balaban J connectivity index is 1.78. The van der Waals surface area contributed by atoms with E-state index >= 15 is 0 Å². The molecular weight excluding hydrogens is 342 g/mol. The van der Waals surface area contributed by atoms with Gasteiger partial charge in [-0.3, -0.25) is 0 Å². The van der Waals surface area contributed by atoms with Crippen LogP contribution in [0, 0.1) is 0 Å². The minimum atomic E-state index is 0.465. The second-order valence-electron chi connectivity index (χ2n) is 6.26. The maximum absolute atomic E-state index is 6.13. The lowest BCUT2D eigenvalue weighted by Crippen LogP contribution is -2.12. The van der Waals surface area contributed by atoms with Crippen molar-refractivity contribution in [2.24, 2.45) is 10.7 Å². The molecular formula is C25H23N3. The van der Waals surface area contributed by atoms with Gasteiger partial charge in [-0.05, 0) is 40.5 Å². The molecule has 28 heavy (non-hydrogen) atoms. The van der Waals surface area contributed by atoms with Gasteiger partial charge < -0.3 is 11.5 Å². The van der Waals surface area contributed by atoms with Crippen LogP contribution in [0.25, 0.3) is 11.6 Å². The Hall–Kier alpha value is -3.85. The summed E-state index contributed by atoms with van der Waals surface area (Å²) in [6.45, 7) is 3.83. The van der Waals surface area contributed by atoms with Crippen molar-refractivity contribution in [2.75, 3.05) is 5.73 Å². The maximum Gasteiger partial charge on any atom is 0.130 e. The molecule has 3 heteroatoms. The fraction of sp³-hybridized carbons (Fsp3) is 0. The lowest BCUT2D eigenvalue weighted by Gasteiger charge is -2.09. The SMILES string of the molecule is C=C/C=C(\c1ccccc1)c1ccc(C(N)=N/C=C/c2ccc(N)cc2)cc1. The van der Waals surface area contributed by atoms with E-state index in [4.69, 9.17) is 11.5 Å². The molecule has 4 N–H and O–H groups in total. The Morgan fingerprint density at radius 2 is 1.39 bits per heavy atom. The van der Waals surface area contributed by atoms with Crippen LogP contribution in [0.5, 0.6) is 0 Å². The highest BCUT2D eigenvalue weighted by molar-refractivity contribution is 5.98. The van der Waals surface area contributed by atoms with Gasteiger partial charge in [-0.1, -0.05) is 85.5 Å². The number of aliphatic imine (C=N–C) groups is 1. The zero-order valence-electron chi connectivity index (χ0n) is 15.6. The molecule has 3 aromatic rings. The minimum Gasteiger partial charge on any atom is -0.399 e. The van der Waals surface area contributed by atoms with Gasteiger partial charge in [0.25, 0.3) is 0 Å². The highest BCUT2D eigenvalue weighted by Gasteiger charge is 2.05. The number of anilines is 1.